The van der Waals surface area contributed by atoms with Crippen LogP contribution in [0.4, 0.5) is 5.69 Å². The molecule has 2 N–H and O–H groups in total. The number of aromatic nitrogens is 2. The lowest BCUT2D eigenvalue weighted by atomic mass is 10.2. The van der Waals surface area contributed by atoms with E-state index in [1.165, 1.54) is 0 Å². The van der Waals surface area contributed by atoms with Crippen LogP contribution in [0.3, 0.4) is 0 Å². The normalized spacial score (nSPS) is 17.3. The predicted molar refractivity (Wildman–Crippen MR) is 95.6 cm³/mol. The van der Waals surface area contributed by atoms with Gasteiger partial charge >= 0.3 is 6.01 Å². The van der Waals surface area contributed by atoms with Crippen LogP contribution in [-0.2, 0) is 4.79 Å². The number of hydrogen-bond donors (Lipinski definition) is 2. The Hall–Kier alpha value is -2.12. The van der Waals surface area contributed by atoms with Crippen molar-refractivity contribution in [1.29, 1.82) is 0 Å². The zero-order valence-corrected chi connectivity index (χ0v) is 14.3. The fourth-order valence-electron chi connectivity index (χ4n) is 2.37. The van der Waals surface area contributed by atoms with Crippen LogP contribution in [0.1, 0.15) is 12.1 Å². The number of nitrogens with zero attached hydrogens (tertiary/aromatic N) is 2. The van der Waals surface area contributed by atoms with Gasteiger partial charge in [0.2, 0.25) is 5.91 Å². The molecular formula is C17H20N4O2S. The van der Waals surface area contributed by atoms with E-state index in [4.69, 9.17) is 4.74 Å². The second kappa shape index (κ2) is 8.12. The minimum absolute atomic E-state index is 0.0192. The highest BCUT2D eigenvalue weighted by molar-refractivity contribution is 7.99. The molecule has 1 aliphatic rings. The summed E-state index contributed by atoms with van der Waals surface area (Å²) in [6.45, 7) is 2.85. The van der Waals surface area contributed by atoms with E-state index in [-0.39, 0.29) is 11.9 Å². The van der Waals surface area contributed by atoms with Gasteiger partial charge in [0.25, 0.3) is 0 Å². The average molecular weight is 344 g/mol. The standard InChI is InChI=1S/C17H20N4O2S/c1-12-6-7-19-17(20-12)23-15-4-2-13(3-5-15)21-16(22)10-14-11-24-9-8-18-14/h2-7,14,18H,8-11H2,1H3,(H,21,22). The maximum Gasteiger partial charge on any atom is 0.322 e. The van der Waals surface area contributed by atoms with E-state index in [1.807, 2.05) is 36.9 Å². The summed E-state index contributed by atoms with van der Waals surface area (Å²) in [6.07, 6.45) is 2.15. The number of amides is 1. The van der Waals surface area contributed by atoms with Gasteiger partial charge in [-0.3, -0.25) is 4.79 Å². The quantitative estimate of drug-likeness (QED) is 0.868. The summed E-state index contributed by atoms with van der Waals surface area (Å²) in [5, 5.41) is 6.28. The number of hydrogen-bond acceptors (Lipinski definition) is 6. The molecule has 126 valence electrons. The summed E-state index contributed by atoms with van der Waals surface area (Å²) in [6, 6.07) is 9.58. The number of carbonyl (C=O) groups excluding carboxylic acids is 1. The van der Waals surface area contributed by atoms with Crippen LogP contribution in [0.2, 0.25) is 0 Å². The monoisotopic (exact) mass is 344 g/mol. The van der Waals surface area contributed by atoms with Crippen LogP contribution >= 0.6 is 11.8 Å². The Bertz CT molecular complexity index is 687. The van der Waals surface area contributed by atoms with E-state index < -0.39 is 0 Å². The SMILES string of the molecule is Cc1ccnc(Oc2ccc(NC(=O)CC3CSCCN3)cc2)n1. The molecule has 7 heteroatoms. The first-order valence-electron chi connectivity index (χ1n) is 7.87. The minimum atomic E-state index is 0.0192. The first-order valence-corrected chi connectivity index (χ1v) is 9.03. The van der Waals surface area contributed by atoms with E-state index in [2.05, 4.69) is 20.6 Å². The zero-order valence-electron chi connectivity index (χ0n) is 13.5. The van der Waals surface area contributed by atoms with Crippen molar-refractivity contribution in [2.24, 2.45) is 0 Å². The highest BCUT2D eigenvalue weighted by atomic mass is 32.2. The Labute approximate surface area is 145 Å². The van der Waals surface area contributed by atoms with Crippen LogP contribution in [-0.4, -0.2) is 40.0 Å². The van der Waals surface area contributed by atoms with E-state index in [1.54, 1.807) is 18.3 Å². The van der Waals surface area contributed by atoms with Gasteiger partial charge in [0, 0.05) is 48.1 Å². The molecule has 0 aliphatic carbocycles. The third-order valence-corrected chi connectivity index (χ3v) is 4.68. The lowest BCUT2D eigenvalue weighted by Crippen LogP contribution is -2.39. The molecule has 1 aromatic carbocycles. The number of aryl methyl sites for hydroxylation is 1. The van der Waals surface area contributed by atoms with Gasteiger partial charge in [-0.2, -0.15) is 11.8 Å². The van der Waals surface area contributed by atoms with Crippen LogP contribution in [0.25, 0.3) is 0 Å². The predicted octanol–water partition coefficient (Wildman–Crippen LogP) is 2.61. The first-order chi connectivity index (χ1) is 11.7. The third-order valence-electron chi connectivity index (χ3n) is 3.55. The Morgan fingerprint density at radius 1 is 1.38 bits per heavy atom. The molecule has 1 unspecified atom stereocenters. The number of nitrogens with one attached hydrogen (secondary N) is 2. The van der Waals surface area contributed by atoms with Crippen molar-refractivity contribution in [2.75, 3.05) is 23.4 Å². The van der Waals surface area contributed by atoms with E-state index in [9.17, 15) is 4.79 Å². The molecule has 1 amide bonds. The minimum Gasteiger partial charge on any atom is -0.424 e. The van der Waals surface area contributed by atoms with Crippen LogP contribution in [0.5, 0.6) is 11.8 Å². The van der Waals surface area contributed by atoms with E-state index >= 15 is 0 Å². The molecule has 24 heavy (non-hydrogen) atoms. The molecule has 1 aliphatic heterocycles. The molecule has 1 fully saturated rings. The summed E-state index contributed by atoms with van der Waals surface area (Å²) in [4.78, 5) is 20.3. The summed E-state index contributed by atoms with van der Waals surface area (Å²) >= 11 is 1.88. The average Bonchev–Trinajstić information content (AvgIpc) is 2.57. The van der Waals surface area contributed by atoms with Crippen molar-refractivity contribution >= 4 is 23.4 Å². The van der Waals surface area contributed by atoms with Gasteiger partial charge in [-0.05, 0) is 37.3 Å². The molecule has 2 aromatic rings. The third kappa shape index (κ3) is 4.94. The molecule has 2 heterocycles. The Kier molecular flexibility index (Phi) is 5.66. The molecule has 1 aromatic heterocycles. The molecule has 0 saturated carbocycles. The first kappa shape index (κ1) is 16.7. The van der Waals surface area contributed by atoms with Crippen molar-refractivity contribution < 1.29 is 9.53 Å². The smallest absolute Gasteiger partial charge is 0.322 e. The number of carbonyl (C=O) groups is 1. The zero-order chi connectivity index (χ0) is 16.8. The number of rotatable bonds is 5. The maximum atomic E-state index is 12.1. The summed E-state index contributed by atoms with van der Waals surface area (Å²) in [7, 11) is 0. The summed E-state index contributed by atoms with van der Waals surface area (Å²) in [5.41, 5.74) is 1.60. The number of anilines is 1. The highest BCUT2D eigenvalue weighted by Gasteiger charge is 2.16. The van der Waals surface area contributed by atoms with E-state index in [0.29, 0.717) is 18.2 Å². The van der Waals surface area contributed by atoms with Crippen molar-refractivity contribution in [1.82, 2.24) is 15.3 Å². The number of thioether (sulfide) groups is 1. The van der Waals surface area contributed by atoms with Crippen molar-refractivity contribution in [3.8, 4) is 11.8 Å². The van der Waals surface area contributed by atoms with Gasteiger partial charge in [-0.15, -0.1) is 0 Å². The van der Waals surface area contributed by atoms with Gasteiger partial charge in [0.15, 0.2) is 0 Å². The second-order valence-corrected chi connectivity index (χ2v) is 6.74. The fourth-order valence-corrected chi connectivity index (χ4v) is 3.32. The van der Waals surface area contributed by atoms with Gasteiger partial charge in [0.1, 0.15) is 5.75 Å². The molecule has 0 bridgehead atoms. The largest absolute Gasteiger partial charge is 0.424 e. The van der Waals surface area contributed by atoms with Gasteiger partial charge < -0.3 is 15.4 Å². The van der Waals surface area contributed by atoms with E-state index in [0.717, 1.165) is 29.4 Å². The Morgan fingerprint density at radius 2 is 2.21 bits per heavy atom. The lowest BCUT2D eigenvalue weighted by Gasteiger charge is -2.22. The second-order valence-electron chi connectivity index (χ2n) is 5.59. The molecule has 0 radical (unpaired) electrons. The van der Waals surface area contributed by atoms with Gasteiger partial charge in [-0.1, -0.05) is 0 Å². The summed E-state index contributed by atoms with van der Waals surface area (Å²) in [5.74, 6) is 2.75. The van der Waals surface area contributed by atoms with Gasteiger partial charge in [-0.25, -0.2) is 9.97 Å². The van der Waals surface area contributed by atoms with Crippen molar-refractivity contribution in [2.45, 2.75) is 19.4 Å². The maximum absolute atomic E-state index is 12.1. The highest BCUT2D eigenvalue weighted by Crippen LogP contribution is 2.20. The Balaban J connectivity index is 1.53. The molecule has 0 spiro atoms. The van der Waals surface area contributed by atoms with Crippen LogP contribution in [0.15, 0.2) is 36.5 Å². The number of ether oxygens (including phenoxy) is 1. The number of benzene rings is 1. The molecular weight excluding hydrogens is 324 g/mol. The molecule has 6 nitrogen and oxygen atoms in total. The molecule has 1 atom stereocenters. The van der Waals surface area contributed by atoms with Gasteiger partial charge in [0.05, 0.1) is 0 Å². The Morgan fingerprint density at radius 3 is 2.92 bits per heavy atom. The lowest BCUT2D eigenvalue weighted by molar-refractivity contribution is -0.116. The summed E-state index contributed by atoms with van der Waals surface area (Å²) < 4.78 is 5.59. The molecule has 3 rings (SSSR count). The fraction of sp³-hybridized carbons (Fsp3) is 0.353. The van der Waals surface area contributed by atoms with Crippen molar-refractivity contribution in [3.05, 3.63) is 42.2 Å². The van der Waals surface area contributed by atoms with Crippen LogP contribution in [0, 0.1) is 6.92 Å². The molecule has 1 saturated heterocycles. The topological polar surface area (TPSA) is 76.1 Å². The van der Waals surface area contributed by atoms with Crippen molar-refractivity contribution in [3.63, 3.8) is 0 Å². The van der Waals surface area contributed by atoms with Crippen LogP contribution < -0.4 is 15.4 Å².